The largest absolute Gasteiger partial charge is 0.335 e. The van der Waals surface area contributed by atoms with Gasteiger partial charge in [-0.05, 0) is 31.4 Å². The van der Waals surface area contributed by atoms with Gasteiger partial charge in [-0.15, -0.1) is 0 Å². The molecular weight excluding hydrogens is 260 g/mol. The Kier molecular flexibility index (Phi) is 4.52. The molecule has 1 aromatic rings. The van der Waals surface area contributed by atoms with Crippen LogP contribution in [0.15, 0.2) is 24.3 Å². The fourth-order valence-electron chi connectivity index (χ4n) is 2.54. The SMILES string of the molecule is NCC1CCCC1NC(=O)Nc1cccc([N+](=O)[O-])c1. The van der Waals surface area contributed by atoms with Gasteiger partial charge >= 0.3 is 6.03 Å². The summed E-state index contributed by atoms with van der Waals surface area (Å²) in [4.78, 5) is 22.0. The van der Waals surface area contributed by atoms with Crippen LogP contribution in [0.4, 0.5) is 16.2 Å². The summed E-state index contributed by atoms with van der Waals surface area (Å²) < 4.78 is 0. The van der Waals surface area contributed by atoms with Gasteiger partial charge in [-0.1, -0.05) is 12.5 Å². The number of urea groups is 1. The van der Waals surface area contributed by atoms with E-state index >= 15 is 0 Å². The monoisotopic (exact) mass is 278 g/mol. The van der Waals surface area contributed by atoms with Crippen LogP contribution in [0, 0.1) is 16.0 Å². The van der Waals surface area contributed by atoms with Crippen LogP contribution in [0.5, 0.6) is 0 Å². The fraction of sp³-hybridized carbons (Fsp3) is 0.462. The third-order valence-electron chi connectivity index (χ3n) is 3.59. The Bertz CT molecular complexity index is 506. The number of nitrogens with two attached hydrogens (primary N) is 1. The molecule has 1 aromatic carbocycles. The number of nitro benzene ring substituents is 1. The highest BCUT2D eigenvalue weighted by atomic mass is 16.6. The molecule has 7 heteroatoms. The second kappa shape index (κ2) is 6.33. The maximum atomic E-state index is 11.9. The van der Waals surface area contributed by atoms with E-state index in [-0.39, 0.29) is 17.8 Å². The van der Waals surface area contributed by atoms with Crippen molar-refractivity contribution < 1.29 is 9.72 Å². The molecule has 7 nitrogen and oxygen atoms in total. The number of hydrogen-bond donors (Lipinski definition) is 3. The van der Waals surface area contributed by atoms with E-state index in [1.54, 1.807) is 6.07 Å². The summed E-state index contributed by atoms with van der Waals surface area (Å²) in [5, 5.41) is 16.2. The predicted molar refractivity (Wildman–Crippen MR) is 75.4 cm³/mol. The molecule has 0 aliphatic heterocycles. The summed E-state index contributed by atoms with van der Waals surface area (Å²) in [5.74, 6) is 0.311. The summed E-state index contributed by atoms with van der Waals surface area (Å²) in [6.45, 7) is 0.557. The molecular formula is C13H18N4O3. The third kappa shape index (κ3) is 3.45. The summed E-state index contributed by atoms with van der Waals surface area (Å²) in [6.07, 6.45) is 3.01. The van der Waals surface area contributed by atoms with Crippen molar-refractivity contribution >= 4 is 17.4 Å². The van der Waals surface area contributed by atoms with Crippen LogP contribution in [0.1, 0.15) is 19.3 Å². The zero-order chi connectivity index (χ0) is 14.5. The molecule has 2 unspecified atom stereocenters. The lowest BCUT2D eigenvalue weighted by atomic mass is 10.0. The highest BCUT2D eigenvalue weighted by molar-refractivity contribution is 5.89. The number of amides is 2. The molecule has 20 heavy (non-hydrogen) atoms. The number of anilines is 1. The molecule has 1 fully saturated rings. The first kappa shape index (κ1) is 14.3. The Morgan fingerprint density at radius 3 is 2.95 bits per heavy atom. The maximum absolute atomic E-state index is 11.9. The van der Waals surface area contributed by atoms with Gasteiger partial charge in [0.25, 0.3) is 5.69 Å². The van der Waals surface area contributed by atoms with Crippen LogP contribution >= 0.6 is 0 Å². The van der Waals surface area contributed by atoms with E-state index in [4.69, 9.17) is 5.73 Å². The predicted octanol–water partition coefficient (Wildman–Crippen LogP) is 1.84. The van der Waals surface area contributed by atoms with Crippen molar-refractivity contribution in [1.29, 1.82) is 0 Å². The third-order valence-corrected chi connectivity index (χ3v) is 3.59. The van der Waals surface area contributed by atoms with Gasteiger partial charge in [0, 0.05) is 23.9 Å². The van der Waals surface area contributed by atoms with Crippen molar-refractivity contribution in [2.24, 2.45) is 11.7 Å². The lowest BCUT2D eigenvalue weighted by Gasteiger charge is -2.19. The number of benzene rings is 1. The van der Waals surface area contributed by atoms with Crippen LogP contribution < -0.4 is 16.4 Å². The van der Waals surface area contributed by atoms with Gasteiger partial charge in [-0.3, -0.25) is 10.1 Å². The van der Waals surface area contributed by atoms with Crippen molar-refractivity contribution in [3.63, 3.8) is 0 Å². The van der Waals surface area contributed by atoms with Crippen LogP contribution in [0.3, 0.4) is 0 Å². The normalized spacial score (nSPS) is 21.4. The number of rotatable bonds is 4. The number of hydrogen-bond acceptors (Lipinski definition) is 4. The Hall–Kier alpha value is -2.15. The smallest absolute Gasteiger partial charge is 0.319 e. The minimum atomic E-state index is -0.496. The Labute approximate surface area is 116 Å². The van der Waals surface area contributed by atoms with Gasteiger partial charge in [0.1, 0.15) is 0 Å². The van der Waals surface area contributed by atoms with Crippen molar-refractivity contribution in [2.75, 3.05) is 11.9 Å². The van der Waals surface area contributed by atoms with E-state index in [1.807, 2.05) is 0 Å². The quantitative estimate of drug-likeness (QED) is 0.576. The molecule has 0 saturated heterocycles. The second-order valence-electron chi connectivity index (χ2n) is 4.94. The summed E-state index contributed by atoms with van der Waals surface area (Å²) in [7, 11) is 0. The molecule has 1 aliphatic carbocycles. The molecule has 0 radical (unpaired) electrons. The lowest BCUT2D eigenvalue weighted by Crippen LogP contribution is -2.42. The van der Waals surface area contributed by atoms with Crippen molar-refractivity contribution in [3.05, 3.63) is 34.4 Å². The highest BCUT2D eigenvalue weighted by Gasteiger charge is 2.27. The van der Waals surface area contributed by atoms with E-state index in [0.717, 1.165) is 19.3 Å². The number of carbonyl (C=O) groups is 1. The van der Waals surface area contributed by atoms with Crippen molar-refractivity contribution in [1.82, 2.24) is 5.32 Å². The van der Waals surface area contributed by atoms with Gasteiger partial charge in [-0.2, -0.15) is 0 Å². The molecule has 1 saturated carbocycles. The average Bonchev–Trinajstić information content (AvgIpc) is 2.86. The summed E-state index contributed by atoms with van der Waals surface area (Å²) >= 11 is 0. The van der Waals surface area contributed by atoms with Crippen LogP contribution in [0.25, 0.3) is 0 Å². The van der Waals surface area contributed by atoms with E-state index in [1.165, 1.54) is 18.2 Å². The first-order valence-electron chi connectivity index (χ1n) is 6.62. The minimum absolute atomic E-state index is 0.0523. The van der Waals surface area contributed by atoms with Crippen molar-refractivity contribution in [2.45, 2.75) is 25.3 Å². The first-order valence-corrected chi connectivity index (χ1v) is 6.62. The summed E-state index contributed by atoms with van der Waals surface area (Å²) in [6, 6.07) is 5.59. The number of non-ortho nitro benzene ring substituents is 1. The van der Waals surface area contributed by atoms with Gasteiger partial charge in [0.2, 0.25) is 0 Å². The van der Waals surface area contributed by atoms with E-state index in [2.05, 4.69) is 10.6 Å². The van der Waals surface area contributed by atoms with Crippen LogP contribution in [-0.2, 0) is 0 Å². The van der Waals surface area contributed by atoms with E-state index in [9.17, 15) is 14.9 Å². The first-order chi connectivity index (χ1) is 9.60. The topological polar surface area (TPSA) is 110 Å². The van der Waals surface area contributed by atoms with Gasteiger partial charge in [0.15, 0.2) is 0 Å². The fourth-order valence-corrected chi connectivity index (χ4v) is 2.54. The lowest BCUT2D eigenvalue weighted by molar-refractivity contribution is -0.384. The molecule has 2 amide bonds. The van der Waals surface area contributed by atoms with Gasteiger partial charge in [0.05, 0.1) is 4.92 Å². The summed E-state index contributed by atoms with van der Waals surface area (Å²) in [5.41, 5.74) is 6.01. The maximum Gasteiger partial charge on any atom is 0.319 e. The van der Waals surface area contributed by atoms with Crippen LogP contribution in [0.2, 0.25) is 0 Å². The molecule has 4 N–H and O–H groups in total. The Balaban J connectivity index is 1.94. The minimum Gasteiger partial charge on any atom is -0.335 e. The molecule has 2 rings (SSSR count). The van der Waals surface area contributed by atoms with Crippen LogP contribution in [-0.4, -0.2) is 23.5 Å². The van der Waals surface area contributed by atoms with E-state index in [0.29, 0.717) is 18.2 Å². The standard InChI is InChI=1S/C13H18N4O3/c14-8-9-3-1-6-12(9)16-13(18)15-10-4-2-5-11(7-10)17(19)20/h2,4-5,7,9,12H,1,3,6,8,14H2,(H2,15,16,18). The molecule has 2 atom stereocenters. The second-order valence-corrected chi connectivity index (χ2v) is 4.94. The highest BCUT2D eigenvalue weighted by Crippen LogP contribution is 2.24. The van der Waals surface area contributed by atoms with Gasteiger partial charge < -0.3 is 16.4 Å². The van der Waals surface area contributed by atoms with Crippen molar-refractivity contribution in [3.8, 4) is 0 Å². The number of nitrogens with zero attached hydrogens (tertiary/aromatic N) is 1. The molecule has 108 valence electrons. The Morgan fingerprint density at radius 1 is 1.45 bits per heavy atom. The molecule has 0 spiro atoms. The van der Waals surface area contributed by atoms with E-state index < -0.39 is 4.92 Å². The molecule has 1 aliphatic rings. The zero-order valence-electron chi connectivity index (χ0n) is 11.0. The molecule has 0 aromatic heterocycles. The Morgan fingerprint density at radius 2 is 2.25 bits per heavy atom. The molecule has 0 bridgehead atoms. The molecule has 0 heterocycles. The number of nitrogens with one attached hydrogen (secondary N) is 2. The number of carbonyl (C=O) groups excluding carboxylic acids is 1. The number of nitro groups is 1. The van der Waals surface area contributed by atoms with Gasteiger partial charge in [-0.25, -0.2) is 4.79 Å². The zero-order valence-corrected chi connectivity index (χ0v) is 11.0. The average molecular weight is 278 g/mol.